The number of carbonyl (C=O) groups excluding carboxylic acids is 1. The number of ketones is 1. The van der Waals surface area contributed by atoms with E-state index >= 15 is 0 Å². The number of aliphatic hydroxyl groups excluding tert-OH is 1. The Labute approximate surface area is 115 Å². The molecule has 0 radical (unpaired) electrons. The lowest BCUT2D eigenvalue weighted by Crippen LogP contribution is -2.05. The Hall–Kier alpha value is -1.42. The molecule has 4 heteroatoms. The van der Waals surface area contributed by atoms with Crippen molar-refractivity contribution < 1.29 is 9.90 Å². The largest absolute Gasteiger partial charge is 0.512 e. The summed E-state index contributed by atoms with van der Waals surface area (Å²) in [7, 11) is 0. The molecule has 0 saturated carbocycles. The highest BCUT2D eigenvalue weighted by Crippen LogP contribution is 2.17. The van der Waals surface area contributed by atoms with Gasteiger partial charge in [-0.1, -0.05) is 29.8 Å². The molecule has 96 valence electrons. The van der Waals surface area contributed by atoms with Gasteiger partial charge in [0.2, 0.25) is 0 Å². The van der Waals surface area contributed by atoms with Gasteiger partial charge in [-0.25, -0.2) is 0 Å². The van der Waals surface area contributed by atoms with E-state index in [0.29, 0.717) is 18.4 Å². The van der Waals surface area contributed by atoms with E-state index in [1.165, 1.54) is 6.21 Å². The second-order valence-electron chi connectivity index (χ2n) is 3.73. The van der Waals surface area contributed by atoms with E-state index in [1.54, 1.807) is 13.8 Å². The van der Waals surface area contributed by atoms with Gasteiger partial charge in [0.1, 0.15) is 5.76 Å². The summed E-state index contributed by atoms with van der Waals surface area (Å²) in [6.07, 6.45) is 2.22. The minimum atomic E-state index is -0.102. The van der Waals surface area contributed by atoms with Crippen LogP contribution in [0.2, 0.25) is 0 Å². The molecule has 3 nitrogen and oxygen atoms in total. The normalized spacial score (nSPS) is 12.6. The SMILES string of the molecule is CCC(=O)C(C=Nc1ccc(Br)cc1)=C(O)CC. The molecule has 0 saturated heterocycles. The van der Waals surface area contributed by atoms with Gasteiger partial charge in [0.15, 0.2) is 5.78 Å². The zero-order valence-corrected chi connectivity index (χ0v) is 12.1. The van der Waals surface area contributed by atoms with E-state index in [1.807, 2.05) is 24.3 Å². The molecule has 0 amide bonds. The van der Waals surface area contributed by atoms with Crippen molar-refractivity contribution in [3.8, 4) is 0 Å². The Morgan fingerprint density at radius 2 is 1.89 bits per heavy atom. The number of carbonyl (C=O) groups is 1. The number of nitrogens with zero attached hydrogens (tertiary/aromatic N) is 1. The molecule has 0 atom stereocenters. The van der Waals surface area contributed by atoms with Gasteiger partial charge < -0.3 is 5.11 Å². The molecule has 0 bridgehead atoms. The summed E-state index contributed by atoms with van der Waals surface area (Å²) in [5.41, 5.74) is 1.03. The van der Waals surface area contributed by atoms with Gasteiger partial charge in [-0.15, -0.1) is 0 Å². The van der Waals surface area contributed by atoms with Gasteiger partial charge in [0.25, 0.3) is 0 Å². The van der Waals surface area contributed by atoms with Crippen LogP contribution < -0.4 is 0 Å². The van der Waals surface area contributed by atoms with Crippen molar-refractivity contribution >= 4 is 33.6 Å². The summed E-state index contributed by atoms with van der Waals surface area (Å²) in [5, 5.41) is 9.70. The van der Waals surface area contributed by atoms with Crippen LogP contribution in [0, 0.1) is 0 Å². The van der Waals surface area contributed by atoms with Crippen molar-refractivity contribution in [1.82, 2.24) is 0 Å². The van der Waals surface area contributed by atoms with Crippen molar-refractivity contribution in [1.29, 1.82) is 0 Å². The van der Waals surface area contributed by atoms with Gasteiger partial charge in [0, 0.05) is 23.5 Å². The van der Waals surface area contributed by atoms with Gasteiger partial charge >= 0.3 is 0 Å². The lowest BCUT2D eigenvalue weighted by atomic mass is 10.1. The number of aliphatic imine (C=N–C) groups is 1. The number of hydrogen-bond donors (Lipinski definition) is 1. The molecule has 1 N–H and O–H groups in total. The molecule has 0 aliphatic heterocycles. The maximum Gasteiger partial charge on any atom is 0.167 e. The average molecular weight is 310 g/mol. The molecule has 0 aromatic heterocycles. The first-order valence-corrected chi connectivity index (χ1v) is 6.62. The minimum Gasteiger partial charge on any atom is -0.512 e. The predicted octanol–water partition coefficient (Wildman–Crippen LogP) is 4.35. The van der Waals surface area contributed by atoms with Crippen molar-refractivity contribution in [2.45, 2.75) is 26.7 Å². The van der Waals surface area contributed by atoms with E-state index in [2.05, 4.69) is 20.9 Å². The Morgan fingerprint density at radius 1 is 1.28 bits per heavy atom. The van der Waals surface area contributed by atoms with Gasteiger partial charge in [-0.2, -0.15) is 0 Å². The van der Waals surface area contributed by atoms with E-state index in [4.69, 9.17) is 0 Å². The summed E-state index contributed by atoms with van der Waals surface area (Å²) in [6, 6.07) is 7.41. The Kier molecular flexibility index (Phi) is 5.78. The molecule has 0 spiro atoms. The average Bonchev–Trinajstić information content (AvgIpc) is 2.40. The molecule has 18 heavy (non-hydrogen) atoms. The lowest BCUT2D eigenvalue weighted by Gasteiger charge is -2.02. The van der Waals surface area contributed by atoms with Gasteiger partial charge in [-0.3, -0.25) is 9.79 Å². The number of halogens is 1. The molecule has 0 unspecified atom stereocenters. The number of aliphatic hydroxyl groups is 1. The van der Waals surface area contributed by atoms with Crippen molar-refractivity contribution in [2.24, 2.45) is 4.99 Å². The lowest BCUT2D eigenvalue weighted by molar-refractivity contribution is -0.114. The van der Waals surface area contributed by atoms with Crippen LogP contribution in [0.1, 0.15) is 26.7 Å². The third kappa shape index (κ3) is 4.11. The molecule has 1 rings (SSSR count). The first kappa shape index (κ1) is 14.6. The van der Waals surface area contributed by atoms with Gasteiger partial charge in [0.05, 0.1) is 11.3 Å². The Balaban J connectivity index is 2.97. The molecular weight excluding hydrogens is 294 g/mol. The Morgan fingerprint density at radius 3 is 2.39 bits per heavy atom. The summed E-state index contributed by atoms with van der Waals surface area (Å²) < 4.78 is 0.971. The van der Waals surface area contributed by atoms with Crippen molar-refractivity contribution in [3.05, 3.63) is 40.1 Å². The number of rotatable bonds is 5. The smallest absolute Gasteiger partial charge is 0.167 e. The fourth-order valence-electron chi connectivity index (χ4n) is 1.35. The predicted molar refractivity (Wildman–Crippen MR) is 77.5 cm³/mol. The van der Waals surface area contributed by atoms with Crippen LogP contribution >= 0.6 is 15.9 Å². The molecule has 0 aliphatic carbocycles. The number of hydrogen-bond acceptors (Lipinski definition) is 3. The fourth-order valence-corrected chi connectivity index (χ4v) is 1.62. The van der Waals surface area contributed by atoms with Crippen LogP contribution in [-0.2, 0) is 4.79 Å². The van der Waals surface area contributed by atoms with Crippen LogP contribution in [0.4, 0.5) is 5.69 Å². The standard InChI is InChI=1S/C14H16BrNO2/c1-3-13(17)12(14(18)4-2)9-16-11-7-5-10(15)6-8-11/h5-9,17H,3-4H2,1-2H3. The molecule has 0 fully saturated rings. The zero-order chi connectivity index (χ0) is 13.5. The topological polar surface area (TPSA) is 49.7 Å². The van der Waals surface area contributed by atoms with Crippen LogP contribution in [0.15, 0.2) is 45.1 Å². The minimum absolute atomic E-state index is 0.0858. The van der Waals surface area contributed by atoms with E-state index in [-0.39, 0.29) is 11.5 Å². The second kappa shape index (κ2) is 7.11. The monoisotopic (exact) mass is 309 g/mol. The third-order valence-corrected chi connectivity index (χ3v) is 2.97. The molecule has 1 aromatic carbocycles. The first-order valence-electron chi connectivity index (χ1n) is 5.83. The third-order valence-electron chi connectivity index (χ3n) is 2.44. The van der Waals surface area contributed by atoms with Crippen molar-refractivity contribution in [2.75, 3.05) is 0 Å². The van der Waals surface area contributed by atoms with Crippen LogP contribution in [0.3, 0.4) is 0 Å². The highest BCUT2D eigenvalue weighted by atomic mass is 79.9. The molecular formula is C14H16BrNO2. The van der Waals surface area contributed by atoms with Crippen LogP contribution in [0.5, 0.6) is 0 Å². The maximum atomic E-state index is 11.7. The molecule has 0 aliphatic rings. The van der Waals surface area contributed by atoms with Crippen LogP contribution in [0.25, 0.3) is 0 Å². The molecule has 1 aromatic rings. The van der Waals surface area contributed by atoms with Crippen molar-refractivity contribution in [3.63, 3.8) is 0 Å². The summed E-state index contributed by atoms with van der Waals surface area (Å²) in [4.78, 5) is 15.9. The zero-order valence-electron chi connectivity index (χ0n) is 10.5. The summed E-state index contributed by atoms with van der Waals surface area (Å²) in [6.45, 7) is 3.56. The fraction of sp³-hybridized carbons (Fsp3) is 0.286. The highest BCUT2D eigenvalue weighted by Gasteiger charge is 2.09. The number of allylic oxidation sites excluding steroid dienone is 2. The Bertz CT molecular complexity index is 475. The number of Topliss-reactive ketones (excluding diaryl/α,β-unsaturated/α-hetero) is 1. The molecule has 0 heterocycles. The second-order valence-corrected chi connectivity index (χ2v) is 4.64. The van der Waals surface area contributed by atoms with E-state index in [0.717, 1.165) is 10.2 Å². The van der Waals surface area contributed by atoms with Gasteiger partial charge in [-0.05, 0) is 24.3 Å². The van der Waals surface area contributed by atoms with Crippen LogP contribution in [-0.4, -0.2) is 17.1 Å². The summed E-state index contributed by atoms with van der Waals surface area (Å²) in [5.74, 6) is -0.0158. The van der Waals surface area contributed by atoms with E-state index in [9.17, 15) is 9.90 Å². The number of benzene rings is 1. The van der Waals surface area contributed by atoms with E-state index < -0.39 is 0 Å². The highest BCUT2D eigenvalue weighted by molar-refractivity contribution is 9.10. The summed E-state index contributed by atoms with van der Waals surface area (Å²) >= 11 is 3.34. The quantitative estimate of drug-likeness (QED) is 0.499. The maximum absolute atomic E-state index is 11.7. The first-order chi connectivity index (χ1) is 8.58.